The largest absolute Gasteiger partial charge is 0.466 e. The normalized spacial score (nSPS) is 22.8. The molecule has 0 radical (unpaired) electrons. The van der Waals surface area contributed by atoms with E-state index >= 15 is 0 Å². The van der Waals surface area contributed by atoms with Crippen LogP contribution in [0.1, 0.15) is 5.56 Å². The number of carbonyl (C=O) groups is 1. The highest BCUT2D eigenvalue weighted by Gasteiger charge is 2.43. The maximum atomic E-state index is 11.7. The summed E-state index contributed by atoms with van der Waals surface area (Å²) in [5, 5.41) is 2.91. The highest BCUT2D eigenvalue weighted by molar-refractivity contribution is 8.10. The maximum Gasteiger partial charge on any atom is 0.359 e. The fraction of sp³-hybridized carbons (Fsp3) is 0.182. The predicted octanol–water partition coefficient (Wildman–Crippen LogP) is 0.612. The molecule has 1 heterocycles. The Kier molecular flexibility index (Phi) is 3.37. The van der Waals surface area contributed by atoms with Gasteiger partial charge in [0.1, 0.15) is 0 Å². The van der Waals surface area contributed by atoms with Crippen LogP contribution in [-0.4, -0.2) is 18.1 Å². The Morgan fingerprint density at radius 3 is 2.76 bits per heavy atom. The molecule has 1 aliphatic heterocycles. The van der Waals surface area contributed by atoms with Gasteiger partial charge in [0, 0.05) is 11.1 Å². The third-order valence-corrected chi connectivity index (χ3v) is 3.69. The van der Waals surface area contributed by atoms with E-state index < -0.39 is 11.0 Å². The number of thioether (sulfide) groups is 1. The zero-order valence-corrected chi connectivity index (χ0v) is 10.1. The summed E-state index contributed by atoms with van der Waals surface area (Å²) in [6.07, 6.45) is 1.75. The lowest BCUT2D eigenvalue weighted by molar-refractivity contribution is -0.145. The molecule has 4 N–H and O–H groups in total. The van der Waals surface area contributed by atoms with Gasteiger partial charge in [-0.1, -0.05) is 42.1 Å². The molecule has 6 heteroatoms. The number of ether oxygens (including phenoxy) is 1. The van der Waals surface area contributed by atoms with E-state index in [1.807, 2.05) is 30.3 Å². The van der Waals surface area contributed by atoms with Crippen molar-refractivity contribution in [1.29, 1.82) is 0 Å². The van der Waals surface area contributed by atoms with Crippen LogP contribution in [0, 0.1) is 0 Å². The Labute approximate surface area is 103 Å². The van der Waals surface area contributed by atoms with Gasteiger partial charge in [0.15, 0.2) is 0 Å². The van der Waals surface area contributed by atoms with E-state index in [0.29, 0.717) is 0 Å². The van der Waals surface area contributed by atoms with Gasteiger partial charge in [0.05, 0.1) is 7.11 Å². The zero-order chi connectivity index (χ0) is 12.3. The Morgan fingerprint density at radius 1 is 1.47 bits per heavy atom. The minimum atomic E-state index is -1.14. The molecule has 0 spiro atoms. The Balaban J connectivity index is 2.20. The van der Waals surface area contributed by atoms with Crippen LogP contribution in [0.4, 0.5) is 0 Å². The minimum absolute atomic E-state index is 0.466. The second-order valence-electron chi connectivity index (χ2n) is 3.44. The zero-order valence-electron chi connectivity index (χ0n) is 9.27. The number of carbonyl (C=O) groups excluding carboxylic acids is 1. The monoisotopic (exact) mass is 251 g/mol. The van der Waals surface area contributed by atoms with Gasteiger partial charge in [-0.25, -0.2) is 10.2 Å². The molecule has 1 unspecified atom stereocenters. The van der Waals surface area contributed by atoms with Gasteiger partial charge >= 0.3 is 5.97 Å². The summed E-state index contributed by atoms with van der Waals surface area (Å²) < 4.78 is 4.71. The Hall–Kier alpha value is -1.50. The second-order valence-corrected chi connectivity index (χ2v) is 4.69. The van der Waals surface area contributed by atoms with Crippen LogP contribution in [0.25, 0.3) is 4.91 Å². The molecule has 2 rings (SSSR count). The van der Waals surface area contributed by atoms with Crippen LogP contribution >= 0.6 is 11.8 Å². The quantitative estimate of drug-likeness (QED) is 0.415. The fourth-order valence-electron chi connectivity index (χ4n) is 1.51. The average Bonchev–Trinajstić information content (AvgIpc) is 2.84. The van der Waals surface area contributed by atoms with Crippen molar-refractivity contribution in [1.82, 2.24) is 10.7 Å². The maximum absolute atomic E-state index is 11.7. The lowest BCUT2D eigenvalue weighted by atomic mass is 10.2. The standard InChI is InChI=1S/C11H13N3O2S/c1-16-10(15)11(14-12)13-7-9(17-11)8-5-3-2-4-6-8/h2-7,13-14H,12H2,1H3. The van der Waals surface area contributed by atoms with Gasteiger partial charge in [-0.15, -0.1) is 0 Å². The number of hydrazine groups is 1. The van der Waals surface area contributed by atoms with Crippen molar-refractivity contribution in [2.45, 2.75) is 4.99 Å². The van der Waals surface area contributed by atoms with Crippen molar-refractivity contribution in [3.8, 4) is 0 Å². The number of benzene rings is 1. The van der Waals surface area contributed by atoms with E-state index in [1.165, 1.54) is 18.9 Å². The number of esters is 1. The summed E-state index contributed by atoms with van der Waals surface area (Å²) in [6, 6.07) is 9.73. The molecule has 0 amide bonds. The summed E-state index contributed by atoms with van der Waals surface area (Å²) in [5.41, 5.74) is 3.47. The summed E-state index contributed by atoms with van der Waals surface area (Å²) in [4.78, 5) is 11.4. The topological polar surface area (TPSA) is 76.4 Å². The minimum Gasteiger partial charge on any atom is -0.466 e. The van der Waals surface area contributed by atoms with Crippen molar-refractivity contribution in [3.05, 3.63) is 42.1 Å². The molecule has 1 aromatic carbocycles. The van der Waals surface area contributed by atoms with Crippen LogP contribution in [0.2, 0.25) is 0 Å². The third kappa shape index (κ3) is 2.14. The molecule has 0 bridgehead atoms. The molecule has 0 aliphatic carbocycles. The number of methoxy groups -OCH3 is 1. The van der Waals surface area contributed by atoms with Gasteiger partial charge in [-0.2, -0.15) is 0 Å². The van der Waals surface area contributed by atoms with Gasteiger partial charge < -0.3 is 10.1 Å². The summed E-state index contributed by atoms with van der Waals surface area (Å²) in [5.74, 6) is 4.95. The summed E-state index contributed by atoms with van der Waals surface area (Å²) in [6.45, 7) is 0. The van der Waals surface area contributed by atoms with Crippen LogP contribution in [-0.2, 0) is 9.53 Å². The highest BCUT2D eigenvalue weighted by Crippen LogP contribution is 2.39. The first-order valence-corrected chi connectivity index (χ1v) is 5.82. The van der Waals surface area contributed by atoms with Gasteiger partial charge in [-0.05, 0) is 5.56 Å². The molecule has 1 aliphatic rings. The van der Waals surface area contributed by atoms with E-state index in [-0.39, 0.29) is 0 Å². The molecular formula is C11H13N3O2S. The molecule has 0 aromatic heterocycles. The number of nitrogens with one attached hydrogen (secondary N) is 2. The lowest BCUT2D eigenvalue weighted by Gasteiger charge is -2.24. The van der Waals surface area contributed by atoms with Crippen molar-refractivity contribution < 1.29 is 9.53 Å². The molecule has 1 aromatic rings. The highest BCUT2D eigenvalue weighted by atomic mass is 32.2. The predicted molar refractivity (Wildman–Crippen MR) is 67.2 cm³/mol. The van der Waals surface area contributed by atoms with Crippen LogP contribution in [0.15, 0.2) is 36.5 Å². The fourth-order valence-corrected chi connectivity index (χ4v) is 2.56. The second kappa shape index (κ2) is 4.79. The van der Waals surface area contributed by atoms with Crippen LogP contribution in [0.5, 0.6) is 0 Å². The molecule has 0 saturated carbocycles. The molecule has 17 heavy (non-hydrogen) atoms. The number of nitrogens with two attached hydrogens (primary N) is 1. The third-order valence-electron chi connectivity index (χ3n) is 2.40. The Morgan fingerprint density at radius 2 is 2.18 bits per heavy atom. The van der Waals surface area contributed by atoms with Gasteiger partial charge in [0.2, 0.25) is 0 Å². The Bertz CT molecular complexity index is 449. The molecule has 1 atom stereocenters. The number of rotatable bonds is 3. The number of hydrogen-bond acceptors (Lipinski definition) is 6. The molecule has 90 valence electrons. The lowest BCUT2D eigenvalue weighted by Crippen LogP contribution is -2.59. The van der Waals surface area contributed by atoms with Gasteiger partial charge in [0.25, 0.3) is 4.99 Å². The van der Waals surface area contributed by atoms with E-state index in [4.69, 9.17) is 10.6 Å². The van der Waals surface area contributed by atoms with Gasteiger partial charge in [-0.3, -0.25) is 5.84 Å². The summed E-state index contributed by atoms with van der Waals surface area (Å²) >= 11 is 1.28. The van der Waals surface area contributed by atoms with Crippen molar-refractivity contribution in [2.24, 2.45) is 5.84 Å². The first-order valence-electron chi connectivity index (χ1n) is 5.00. The molecule has 5 nitrogen and oxygen atoms in total. The molecular weight excluding hydrogens is 238 g/mol. The SMILES string of the molecule is COC(=O)C1(NN)NC=C(c2ccccc2)S1. The molecule has 0 fully saturated rings. The van der Waals surface area contributed by atoms with E-state index in [9.17, 15) is 4.79 Å². The van der Waals surface area contributed by atoms with Crippen molar-refractivity contribution in [2.75, 3.05) is 7.11 Å². The number of hydrogen-bond donors (Lipinski definition) is 3. The molecule has 0 saturated heterocycles. The van der Waals surface area contributed by atoms with E-state index in [1.54, 1.807) is 6.20 Å². The summed E-state index contributed by atoms with van der Waals surface area (Å²) in [7, 11) is 1.32. The first kappa shape index (κ1) is 12.0. The van der Waals surface area contributed by atoms with Crippen LogP contribution < -0.4 is 16.6 Å². The van der Waals surface area contributed by atoms with Crippen LogP contribution in [0.3, 0.4) is 0 Å². The van der Waals surface area contributed by atoms with E-state index in [0.717, 1.165) is 10.5 Å². The van der Waals surface area contributed by atoms with Crippen molar-refractivity contribution >= 4 is 22.6 Å². The van der Waals surface area contributed by atoms with E-state index in [2.05, 4.69) is 10.7 Å². The average molecular weight is 251 g/mol. The smallest absolute Gasteiger partial charge is 0.359 e. The van der Waals surface area contributed by atoms with Crippen molar-refractivity contribution in [3.63, 3.8) is 0 Å². The first-order chi connectivity index (χ1) is 8.22.